The molecule has 116 valence electrons. The van der Waals surface area contributed by atoms with Gasteiger partial charge in [0.15, 0.2) is 5.82 Å². The first-order chi connectivity index (χ1) is 10.5. The number of ether oxygens (including phenoxy) is 1. The summed E-state index contributed by atoms with van der Waals surface area (Å²) in [6, 6.07) is 0.923. The van der Waals surface area contributed by atoms with E-state index in [0.29, 0.717) is 6.54 Å². The second kappa shape index (κ2) is 6.09. The molecule has 0 unspecified atom stereocenters. The zero-order valence-corrected chi connectivity index (χ0v) is 12.3. The minimum Gasteiger partial charge on any atom is -0.462 e. The van der Waals surface area contributed by atoms with Gasteiger partial charge in [0, 0.05) is 18.3 Å². The van der Waals surface area contributed by atoms with E-state index in [0.717, 1.165) is 12.1 Å². The maximum Gasteiger partial charge on any atom is 0.343 e. The van der Waals surface area contributed by atoms with Crippen molar-refractivity contribution in [1.29, 1.82) is 0 Å². The van der Waals surface area contributed by atoms with Crippen LogP contribution >= 0.6 is 0 Å². The van der Waals surface area contributed by atoms with Crippen molar-refractivity contribution < 1.29 is 18.3 Å². The minimum absolute atomic E-state index is 0.0585. The molecule has 22 heavy (non-hydrogen) atoms. The molecule has 0 aliphatic rings. The number of esters is 1. The summed E-state index contributed by atoms with van der Waals surface area (Å²) in [4.78, 5) is 24.2. The van der Waals surface area contributed by atoms with Crippen molar-refractivity contribution in [1.82, 2.24) is 4.57 Å². The van der Waals surface area contributed by atoms with Crippen LogP contribution in [0, 0.1) is 11.6 Å². The van der Waals surface area contributed by atoms with Gasteiger partial charge in [-0.25, -0.2) is 13.6 Å². The molecule has 0 spiro atoms. The quantitative estimate of drug-likeness (QED) is 0.815. The van der Waals surface area contributed by atoms with Crippen molar-refractivity contribution in [3.05, 3.63) is 51.8 Å². The van der Waals surface area contributed by atoms with Gasteiger partial charge in [-0.15, -0.1) is 0 Å². The number of pyridine rings is 1. The van der Waals surface area contributed by atoms with Gasteiger partial charge in [0.25, 0.3) is 0 Å². The molecule has 0 amide bonds. The highest BCUT2D eigenvalue weighted by molar-refractivity contribution is 5.94. The lowest BCUT2D eigenvalue weighted by Crippen LogP contribution is -2.21. The number of fused-ring (bicyclic) bond motifs is 1. The fourth-order valence-electron chi connectivity index (χ4n) is 2.29. The Kier molecular flexibility index (Phi) is 4.40. The molecular formula is C16H15F2NO3. The molecule has 0 bridgehead atoms. The van der Waals surface area contributed by atoms with Gasteiger partial charge in [0.1, 0.15) is 11.4 Å². The number of carbonyl (C=O) groups is 1. The number of halogens is 2. The van der Waals surface area contributed by atoms with E-state index in [-0.39, 0.29) is 28.6 Å². The second-order valence-electron chi connectivity index (χ2n) is 4.56. The molecule has 0 fully saturated rings. The largest absolute Gasteiger partial charge is 0.462 e. The molecule has 6 heteroatoms. The van der Waals surface area contributed by atoms with E-state index in [2.05, 4.69) is 6.58 Å². The third-order valence-electron chi connectivity index (χ3n) is 3.33. The number of aromatic nitrogens is 1. The third-order valence-corrected chi connectivity index (χ3v) is 3.33. The highest BCUT2D eigenvalue weighted by atomic mass is 19.1. The van der Waals surface area contributed by atoms with Crippen LogP contribution in [0.4, 0.5) is 8.78 Å². The number of nitrogens with zero attached hydrogens (tertiary/aromatic N) is 1. The van der Waals surface area contributed by atoms with E-state index in [4.69, 9.17) is 4.74 Å². The van der Waals surface area contributed by atoms with Crippen LogP contribution in [-0.2, 0) is 11.3 Å². The lowest BCUT2D eigenvalue weighted by atomic mass is 10.1. The monoisotopic (exact) mass is 307 g/mol. The Morgan fingerprint density at radius 2 is 2.09 bits per heavy atom. The number of hydrogen-bond donors (Lipinski definition) is 0. The zero-order valence-electron chi connectivity index (χ0n) is 12.3. The first kappa shape index (κ1) is 15.9. The smallest absolute Gasteiger partial charge is 0.343 e. The van der Waals surface area contributed by atoms with E-state index < -0.39 is 23.0 Å². The predicted octanol–water partition coefficient (Wildman–Crippen LogP) is 3.12. The van der Waals surface area contributed by atoms with Crippen molar-refractivity contribution in [2.45, 2.75) is 20.4 Å². The predicted molar refractivity (Wildman–Crippen MR) is 79.8 cm³/mol. The molecule has 4 nitrogen and oxygen atoms in total. The Bertz CT molecular complexity index is 824. The van der Waals surface area contributed by atoms with E-state index >= 15 is 0 Å². The van der Waals surface area contributed by atoms with Crippen molar-refractivity contribution in [2.75, 3.05) is 6.61 Å². The van der Waals surface area contributed by atoms with Crippen molar-refractivity contribution in [3.63, 3.8) is 0 Å². The lowest BCUT2D eigenvalue weighted by Gasteiger charge is -2.13. The summed E-state index contributed by atoms with van der Waals surface area (Å²) in [5.41, 5.74) is -1.37. The maximum atomic E-state index is 14.5. The maximum absolute atomic E-state index is 14.5. The van der Waals surface area contributed by atoms with Gasteiger partial charge in [0.2, 0.25) is 5.43 Å². The fraction of sp³-hybridized carbons (Fsp3) is 0.250. The molecule has 0 aliphatic carbocycles. The SMILES string of the molecule is C=Cc1c(F)cc2c(=O)c(C(=O)OCC)cn(CC)c2c1F. The van der Waals surface area contributed by atoms with Crippen molar-refractivity contribution >= 4 is 22.9 Å². The zero-order chi connectivity index (χ0) is 16.4. The van der Waals surface area contributed by atoms with Crippen molar-refractivity contribution in [2.24, 2.45) is 0 Å². The fourth-order valence-corrected chi connectivity index (χ4v) is 2.29. The molecule has 0 saturated heterocycles. The van der Waals surface area contributed by atoms with Gasteiger partial charge in [-0.2, -0.15) is 0 Å². The molecule has 0 aliphatic heterocycles. The summed E-state index contributed by atoms with van der Waals surface area (Å²) in [6.07, 6.45) is 2.28. The molecule has 0 radical (unpaired) electrons. The molecule has 2 rings (SSSR count). The van der Waals surface area contributed by atoms with Crippen LogP contribution in [0.5, 0.6) is 0 Å². The van der Waals surface area contributed by atoms with Crippen molar-refractivity contribution in [3.8, 4) is 0 Å². The molecule has 2 aromatic rings. The van der Waals surface area contributed by atoms with E-state index in [1.807, 2.05) is 0 Å². The Balaban J connectivity index is 2.93. The van der Waals surface area contributed by atoms with Crippen LogP contribution < -0.4 is 5.43 Å². The Morgan fingerprint density at radius 3 is 2.64 bits per heavy atom. The first-order valence-electron chi connectivity index (χ1n) is 6.80. The molecule has 1 heterocycles. The van der Waals surface area contributed by atoms with Gasteiger partial charge in [-0.1, -0.05) is 12.7 Å². The Morgan fingerprint density at radius 1 is 1.41 bits per heavy atom. The summed E-state index contributed by atoms with van der Waals surface area (Å²) >= 11 is 0. The van der Waals surface area contributed by atoms with E-state index in [9.17, 15) is 18.4 Å². The van der Waals surface area contributed by atoms with E-state index in [1.165, 1.54) is 10.8 Å². The summed E-state index contributed by atoms with van der Waals surface area (Å²) in [6.45, 7) is 7.08. The molecule has 1 aromatic carbocycles. The van der Waals surface area contributed by atoms with Crippen LogP contribution in [-0.4, -0.2) is 17.1 Å². The number of benzene rings is 1. The molecule has 1 aromatic heterocycles. The highest BCUT2D eigenvalue weighted by Gasteiger charge is 2.21. The lowest BCUT2D eigenvalue weighted by molar-refractivity contribution is 0.0524. The van der Waals surface area contributed by atoms with Crippen LogP contribution in [0.2, 0.25) is 0 Å². The second-order valence-corrected chi connectivity index (χ2v) is 4.56. The first-order valence-corrected chi connectivity index (χ1v) is 6.80. The minimum atomic E-state index is -0.902. The van der Waals surface area contributed by atoms with Gasteiger partial charge in [-0.3, -0.25) is 4.79 Å². The van der Waals surface area contributed by atoms with Crippen LogP contribution in [0.1, 0.15) is 29.8 Å². The topological polar surface area (TPSA) is 48.3 Å². The van der Waals surface area contributed by atoms with Gasteiger partial charge >= 0.3 is 5.97 Å². The normalized spacial score (nSPS) is 10.7. The molecule has 0 saturated carbocycles. The standard InChI is InChI=1S/C16H15F2NO3/c1-4-9-12(17)7-10-14(13(9)18)19(5-2)8-11(15(10)20)16(21)22-6-3/h4,7-8H,1,5-6H2,2-3H3. The average molecular weight is 307 g/mol. The summed E-state index contributed by atoms with van der Waals surface area (Å²) in [5, 5.41) is -0.201. The Hall–Kier alpha value is -2.50. The number of hydrogen-bond acceptors (Lipinski definition) is 3. The molecule has 0 N–H and O–H groups in total. The molecular weight excluding hydrogens is 292 g/mol. The highest BCUT2D eigenvalue weighted by Crippen LogP contribution is 2.24. The summed E-state index contributed by atoms with van der Waals surface area (Å²) in [5.74, 6) is -2.59. The van der Waals surface area contributed by atoms with Gasteiger partial charge < -0.3 is 9.30 Å². The van der Waals surface area contributed by atoms with Crippen LogP contribution in [0.25, 0.3) is 17.0 Å². The van der Waals surface area contributed by atoms with Gasteiger partial charge in [0.05, 0.1) is 17.5 Å². The van der Waals surface area contributed by atoms with E-state index in [1.54, 1.807) is 13.8 Å². The third kappa shape index (κ3) is 2.41. The summed E-state index contributed by atoms with van der Waals surface area (Å²) in [7, 11) is 0. The average Bonchev–Trinajstić information content (AvgIpc) is 2.48. The number of aryl methyl sites for hydroxylation is 1. The molecule has 0 atom stereocenters. The summed E-state index contributed by atoms with van der Waals surface area (Å²) < 4.78 is 34.5. The van der Waals surface area contributed by atoms with Gasteiger partial charge in [-0.05, 0) is 19.9 Å². The Labute approximate surface area is 125 Å². The number of carbonyl (C=O) groups excluding carboxylic acids is 1. The number of rotatable bonds is 4. The van der Waals surface area contributed by atoms with Crippen LogP contribution in [0.3, 0.4) is 0 Å². The van der Waals surface area contributed by atoms with Crippen LogP contribution in [0.15, 0.2) is 23.6 Å².